The highest BCUT2D eigenvalue weighted by molar-refractivity contribution is 9.10. The van der Waals surface area contributed by atoms with Crippen LogP contribution in [0.4, 0.5) is 0 Å². The molecule has 0 bridgehead atoms. The maximum absolute atomic E-state index is 12.9. The summed E-state index contributed by atoms with van der Waals surface area (Å²) in [6.07, 6.45) is 4.24. The smallest absolute Gasteiger partial charge is 0.223 e. The summed E-state index contributed by atoms with van der Waals surface area (Å²) in [5.41, 5.74) is 3.32. The molecule has 1 saturated heterocycles. The molecule has 1 aliphatic carbocycles. The van der Waals surface area contributed by atoms with Crippen LogP contribution < -0.4 is 5.32 Å². The van der Waals surface area contributed by atoms with Gasteiger partial charge in [-0.1, -0.05) is 52.3 Å². The summed E-state index contributed by atoms with van der Waals surface area (Å²) in [6.45, 7) is 0.802. The van der Waals surface area contributed by atoms with Crippen LogP contribution in [0.15, 0.2) is 53.0 Å². The molecule has 30 heavy (non-hydrogen) atoms. The van der Waals surface area contributed by atoms with Gasteiger partial charge in [0.05, 0.1) is 11.8 Å². The van der Waals surface area contributed by atoms with E-state index < -0.39 is 10.0 Å². The maximum atomic E-state index is 12.9. The molecule has 160 valence electrons. The molecule has 0 saturated carbocycles. The zero-order valence-electron chi connectivity index (χ0n) is 16.9. The molecule has 2 aromatic rings. The summed E-state index contributed by atoms with van der Waals surface area (Å²) in [6, 6.07) is 15.7. The highest BCUT2D eigenvalue weighted by atomic mass is 79.9. The Balaban J connectivity index is 1.33. The van der Waals surface area contributed by atoms with Gasteiger partial charge in [-0.2, -0.15) is 0 Å². The number of hydrogen-bond donors (Lipinski definition) is 1. The molecule has 1 heterocycles. The second-order valence-corrected chi connectivity index (χ2v) is 11.1. The second-order valence-electron chi connectivity index (χ2n) is 8.21. The number of hydrogen-bond acceptors (Lipinski definition) is 3. The number of nitrogens with one attached hydrogen (secondary N) is 1. The minimum atomic E-state index is -3.38. The molecule has 7 heteroatoms. The maximum Gasteiger partial charge on any atom is 0.223 e. The Morgan fingerprint density at radius 3 is 2.47 bits per heavy atom. The number of amides is 1. The molecule has 0 aromatic heterocycles. The molecule has 2 aliphatic rings. The zero-order valence-corrected chi connectivity index (χ0v) is 19.3. The summed E-state index contributed by atoms with van der Waals surface area (Å²) < 4.78 is 28.0. The molecular formula is C23H27BrN2O3S. The first-order valence-electron chi connectivity index (χ1n) is 10.5. The number of piperidine rings is 1. The van der Waals surface area contributed by atoms with E-state index in [1.54, 1.807) is 0 Å². The van der Waals surface area contributed by atoms with Gasteiger partial charge in [-0.15, -0.1) is 0 Å². The Morgan fingerprint density at radius 2 is 1.73 bits per heavy atom. The van der Waals surface area contributed by atoms with Crippen LogP contribution in [0.1, 0.15) is 48.4 Å². The summed E-state index contributed by atoms with van der Waals surface area (Å²) in [4.78, 5) is 12.9. The molecule has 1 fully saturated rings. The molecule has 0 radical (unpaired) electrons. The third kappa shape index (κ3) is 4.95. The number of halogens is 1. The van der Waals surface area contributed by atoms with Gasteiger partial charge in [0.1, 0.15) is 0 Å². The van der Waals surface area contributed by atoms with E-state index in [-0.39, 0.29) is 23.6 Å². The molecular weight excluding hydrogens is 464 g/mol. The van der Waals surface area contributed by atoms with Crippen molar-refractivity contribution in [2.45, 2.75) is 43.9 Å². The Bertz CT molecular complexity index is 999. The minimum absolute atomic E-state index is 0.00397. The number of nitrogens with zero attached hydrogens (tertiary/aromatic N) is 1. The fourth-order valence-corrected chi connectivity index (χ4v) is 6.30. The van der Waals surface area contributed by atoms with Gasteiger partial charge < -0.3 is 5.32 Å². The second kappa shape index (κ2) is 9.20. The topological polar surface area (TPSA) is 66.5 Å². The number of benzene rings is 2. The highest BCUT2D eigenvalue weighted by Crippen LogP contribution is 2.30. The van der Waals surface area contributed by atoms with E-state index in [9.17, 15) is 13.2 Å². The standard InChI is InChI=1S/C23H27BrN2O3S/c24-20-10-8-17(9-11-20)16-30(28,29)26-14-12-19(13-15-26)23(27)25-22-7-3-5-18-4-1-2-6-21(18)22/h1-2,4,6,8-11,19,22H,3,5,7,12-16H2,(H,25,27). The predicted molar refractivity (Wildman–Crippen MR) is 121 cm³/mol. The number of fused-ring (bicyclic) bond motifs is 1. The van der Waals surface area contributed by atoms with E-state index in [1.807, 2.05) is 36.4 Å². The monoisotopic (exact) mass is 490 g/mol. The van der Waals surface area contributed by atoms with Gasteiger partial charge in [0.15, 0.2) is 0 Å². The summed E-state index contributed by atoms with van der Waals surface area (Å²) in [5, 5.41) is 3.23. The fourth-order valence-electron chi connectivity index (χ4n) is 4.47. The first-order valence-corrected chi connectivity index (χ1v) is 12.9. The lowest BCUT2D eigenvalue weighted by Crippen LogP contribution is -2.44. The normalized spacial score (nSPS) is 20.5. The van der Waals surface area contributed by atoms with Crippen molar-refractivity contribution >= 4 is 31.9 Å². The number of rotatable bonds is 5. The predicted octanol–water partition coefficient (Wildman–Crippen LogP) is 4.18. The molecule has 1 N–H and O–H groups in total. The molecule has 1 aliphatic heterocycles. The van der Waals surface area contributed by atoms with Gasteiger partial charge in [-0.25, -0.2) is 12.7 Å². The van der Waals surface area contributed by atoms with E-state index in [0.717, 1.165) is 29.3 Å². The molecule has 1 atom stereocenters. The lowest BCUT2D eigenvalue weighted by molar-refractivity contribution is -0.127. The van der Waals surface area contributed by atoms with Crippen LogP contribution in [-0.2, 0) is 27.0 Å². The summed E-state index contributed by atoms with van der Waals surface area (Å²) >= 11 is 3.37. The fraction of sp³-hybridized carbons (Fsp3) is 0.435. The van der Waals surface area contributed by atoms with E-state index >= 15 is 0 Å². The van der Waals surface area contributed by atoms with Crippen LogP contribution in [0.3, 0.4) is 0 Å². The van der Waals surface area contributed by atoms with Crippen LogP contribution in [-0.4, -0.2) is 31.7 Å². The average Bonchev–Trinajstić information content (AvgIpc) is 2.75. The van der Waals surface area contributed by atoms with Gasteiger partial charge in [-0.05, 0) is 60.9 Å². The third-order valence-electron chi connectivity index (χ3n) is 6.17. The van der Waals surface area contributed by atoms with Crippen LogP contribution >= 0.6 is 15.9 Å². The first kappa shape index (κ1) is 21.5. The highest BCUT2D eigenvalue weighted by Gasteiger charge is 2.32. The van der Waals surface area contributed by atoms with Crippen molar-refractivity contribution in [3.8, 4) is 0 Å². The minimum Gasteiger partial charge on any atom is -0.349 e. The van der Waals surface area contributed by atoms with E-state index in [0.29, 0.717) is 25.9 Å². The molecule has 1 amide bonds. The number of carbonyl (C=O) groups is 1. The van der Waals surface area contributed by atoms with Gasteiger partial charge in [0, 0.05) is 23.5 Å². The SMILES string of the molecule is O=C(NC1CCCc2ccccc21)C1CCN(S(=O)(=O)Cc2ccc(Br)cc2)CC1. The largest absolute Gasteiger partial charge is 0.349 e. The van der Waals surface area contributed by atoms with E-state index in [4.69, 9.17) is 0 Å². The van der Waals surface area contributed by atoms with Gasteiger partial charge in [0.25, 0.3) is 0 Å². The molecule has 2 aromatic carbocycles. The quantitative estimate of drug-likeness (QED) is 0.683. The Hall–Kier alpha value is -1.70. The molecule has 4 rings (SSSR count). The van der Waals surface area contributed by atoms with Crippen molar-refractivity contribution in [3.63, 3.8) is 0 Å². The van der Waals surface area contributed by atoms with Gasteiger partial charge >= 0.3 is 0 Å². The van der Waals surface area contributed by atoms with Crippen molar-refractivity contribution in [3.05, 3.63) is 69.7 Å². The third-order valence-corrected chi connectivity index (χ3v) is 8.55. The van der Waals surface area contributed by atoms with Crippen LogP contribution in [0.2, 0.25) is 0 Å². The molecule has 0 spiro atoms. The van der Waals surface area contributed by atoms with Gasteiger partial charge in [0.2, 0.25) is 15.9 Å². The Morgan fingerprint density at radius 1 is 1.03 bits per heavy atom. The van der Waals surface area contributed by atoms with Crippen LogP contribution in [0, 0.1) is 5.92 Å². The van der Waals surface area contributed by atoms with Crippen LogP contribution in [0.5, 0.6) is 0 Å². The summed E-state index contributed by atoms with van der Waals surface area (Å²) in [7, 11) is -3.38. The molecule has 5 nitrogen and oxygen atoms in total. The van der Waals surface area contributed by atoms with E-state index in [1.165, 1.54) is 15.4 Å². The van der Waals surface area contributed by atoms with Crippen molar-refractivity contribution in [2.75, 3.05) is 13.1 Å². The molecule has 1 unspecified atom stereocenters. The number of aryl methyl sites for hydroxylation is 1. The lowest BCUT2D eigenvalue weighted by atomic mass is 9.87. The van der Waals surface area contributed by atoms with Crippen molar-refractivity contribution < 1.29 is 13.2 Å². The van der Waals surface area contributed by atoms with Gasteiger partial charge in [-0.3, -0.25) is 4.79 Å². The average molecular weight is 491 g/mol. The Kier molecular flexibility index (Phi) is 6.60. The van der Waals surface area contributed by atoms with E-state index in [2.05, 4.69) is 33.4 Å². The van der Waals surface area contributed by atoms with Crippen molar-refractivity contribution in [1.29, 1.82) is 0 Å². The van der Waals surface area contributed by atoms with Crippen molar-refractivity contribution in [1.82, 2.24) is 9.62 Å². The Labute approximate surface area is 187 Å². The lowest BCUT2D eigenvalue weighted by Gasteiger charge is -2.32. The number of carbonyl (C=O) groups excluding carboxylic acids is 1. The van der Waals surface area contributed by atoms with Crippen molar-refractivity contribution in [2.24, 2.45) is 5.92 Å². The summed E-state index contributed by atoms with van der Waals surface area (Å²) in [5.74, 6) is -0.0735. The van der Waals surface area contributed by atoms with Crippen LogP contribution in [0.25, 0.3) is 0 Å². The first-order chi connectivity index (χ1) is 14.4. The zero-order chi connectivity index (χ0) is 21.1. The number of sulfonamides is 1.